The molecule has 0 atom stereocenters. The van der Waals surface area contributed by atoms with Crippen LogP contribution in [0.2, 0.25) is 0 Å². The number of nitrogens with two attached hydrogens (primary N) is 1. The lowest BCUT2D eigenvalue weighted by Gasteiger charge is -2.06. The molecule has 4 rings (SSSR count). The molecule has 2 heterocycles. The van der Waals surface area contributed by atoms with Crippen molar-refractivity contribution in [2.45, 2.75) is 17.8 Å². The van der Waals surface area contributed by atoms with Gasteiger partial charge in [-0.3, -0.25) is 0 Å². The highest BCUT2D eigenvalue weighted by atomic mass is 32.2. The molecular weight excluding hydrogens is 404 g/mol. The van der Waals surface area contributed by atoms with Gasteiger partial charge in [0.05, 0.1) is 25.0 Å². The van der Waals surface area contributed by atoms with Crippen molar-refractivity contribution in [3.63, 3.8) is 0 Å². The number of hydrogen-bond acceptors (Lipinski definition) is 9. The van der Waals surface area contributed by atoms with Crippen LogP contribution in [-0.4, -0.2) is 38.7 Å². The molecule has 2 aromatic heterocycles. The Kier molecular flexibility index (Phi) is 5.84. The average Bonchev–Trinajstić information content (AvgIpc) is 3.40. The third kappa shape index (κ3) is 4.08. The van der Waals surface area contributed by atoms with E-state index in [-0.39, 0.29) is 0 Å². The molecule has 30 heavy (non-hydrogen) atoms. The van der Waals surface area contributed by atoms with Gasteiger partial charge in [0.15, 0.2) is 5.82 Å². The molecule has 2 aromatic carbocycles. The topological polar surface area (TPSA) is 114 Å². The Hall–Kier alpha value is -3.53. The number of benzene rings is 2. The van der Waals surface area contributed by atoms with E-state index in [4.69, 9.17) is 19.8 Å². The van der Waals surface area contributed by atoms with E-state index in [1.54, 1.807) is 7.11 Å². The molecule has 0 bridgehead atoms. The van der Waals surface area contributed by atoms with Gasteiger partial charge in [0.25, 0.3) is 0 Å². The first-order valence-electron chi connectivity index (χ1n) is 9.22. The molecule has 0 aliphatic rings. The number of nitrogens with zero attached hydrogens (tertiary/aromatic N) is 5. The maximum absolute atomic E-state index is 6.18. The molecule has 0 saturated heterocycles. The van der Waals surface area contributed by atoms with Crippen molar-refractivity contribution >= 4 is 11.8 Å². The Morgan fingerprint density at radius 3 is 2.67 bits per heavy atom. The first-order valence-corrected chi connectivity index (χ1v) is 10.2. The van der Waals surface area contributed by atoms with Gasteiger partial charge in [0.2, 0.25) is 16.9 Å². The highest BCUT2D eigenvalue weighted by molar-refractivity contribution is 7.98. The lowest BCUT2D eigenvalue weighted by atomic mass is 10.2. The lowest BCUT2D eigenvalue weighted by Crippen LogP contribution is -2.11. The number of para-hydroxylation sites is 1. The zero-order chi connectivity index (χ0) is 20.9. The van der Waals surface area contributed by atoms with Crippen LogP contribution < -0.4 is 15.3 Å². The number of ether oxygens (including phenoxy) is 2. The summed E-state index contributed by atoms with van der Waals surface area (Å²) in [7, 11) is 1.62. The standard InChI is InChI=1S/C20H20N6O3S/c1-3-28-16-7-5-4-6-15(16)18-22-17(29-25-18)12-30-20-24-23-19(26(20)21)13-8-10-14(27-2)11-9-13/h4-11H,3,12,21H2,1-2H3. The van der Waals surface area contributed by atoms with Gasteiger partial charge in [0.1, 0.15) is 11.5 Å². The van der Waals surface area contributed by atoms with Gasteiger partial charge in [0, 0.05) is 5.56 Å². The molecule has 4 aromatic rings. The van der Waals surface area contributed by atoms with Gasteiger partial charge in [-0.25, -0.2) is 4.68 Å². The minimum Gasteiger partial charge on any atom is -0.497 e. The monoisotopic (exact) mass is 424 g/mol. The lowest BCUT2D eigenvalue weighted by molar-refractivity contribution is 0.341. The summed E-state index contributed by atoms with van der Waals surface area (Å²) in [6.07, 6.45) is 0. The molecule has 0 aliphatic carbocycles. The predicted octanol–water partition coefficient (Wildman–Crippen LogP) is 3.41. The summed E-state index contributed by atoms with van der Waals surface area (Å²) in [5.41, 5.74) is 1.62. The highest BCUT2D eigenvalue weighted by Gasteiger charge is 2.16. The minimum atomic E-state index is 0.405. The SMILES string of the molecule is CCOc1ccccc1-c1noc(CSc2nnc(-c3ccc(OC)cc3)n2N)n1. The number of nitrogen functional groups attached to an aromatic ring is 1. The smallest absolute Gasteiger partial charge is 0.237 e. The quantitative estimate of drug-likeness (QED) is 0.336. The maximum atomic E-state index is 6.18. The number of aromatic nitrogens is 5. The normalized spacial score (nSPS) is 10.9. The summed E-state index contributed by atoms with van der Waals surface area (Å²) >= 11 is 1.36. The fraction of sp³-hybridized carbons (Fsp3) is 0.200. The molecule has 0 saturated carbocycles. The Balaban J connectivity index is 1.47. The molecule has 0 radical (unpaired) electrons. The van der Waals surface area contributed by atoms with Crippen LogP contribution in [0.1, 0.15) is 12.8 Å². The number of hydrogen-bond donors (Lipinski definition) is 1. The first kappa shape index (κ1) is 19.8. The average molecular weight is 424 g/mol. The molecule has 154 valence electrons. The fourth-order valence-corrected chi connectivity index (χ4v) is 3.49. The van der Waals surface area contributed by atoms with Crippen molar-refractivity contribution in [3.05, 3.63) is 54.4 Å². The Labute approximate surface area is 177 Å². The van der Waals surface area contributed by atoms with E-state index in [0.717, 1.165) is 16.9 Å². The van der Waals surface area contributed by atoms with Gasteiger partial charge < -0.3 is 19.8 Å². The summed E-state index contributed by atoms with van der Waals surface area (Å²) in [6.45, 7) is 2.48. The molecule has 0 amide bonds. The zero-order valence-corrected chi connectivity index (χ0v) is 17.3. The second kappa shape index (κ2) is 8.87. The molecule has 0 unspecified atom stereocenters. The van der Waals surface area contributed by atoms with E-state index in [2.05, 4.69) is 20.3 Å². The van der Waals surface area contributed by atoms with Gasteiger partial charge in [-0.05, 0) is 43.3 Å². The molecule has 0 spiro atoms. The van der Waals surface area contributed by atoms with Crippen LogP contribution in [0, 0.1) is 0 Å². The largest absolute Gasteiger partial charge is 0.497 e. The molecule has 0 aliphatic heterocycles. The van der Waals surface area contributed by atoms with Crippen LogP contribution in [0.3, 0.4) is 0 Å². The van der Waals surface area contributed by atoms with Crippen molar-refractivity contribution < 1.29 is 14.0 Å². The van der Waals surface area contributed by atoms with Crippen LogP contribution >= 0.6 is 11.8 Å². The van der Waals surface area contributed by atoms with E-state index < -0.39 is 0 Å². The summed E-state index contributed by atoms with van der Waals surface area (Å²) in [6, 6.07) is 15.0. The molecule has 2 N–H and O–H groups in total. The summed E-state index contributed by atoms with van der Waals surface area (Å²) in [5, 5.41) is 12.9. The van der Waals surface area contributed by atoms with Crippen LogP contribution in [0.15, 0.2) is 58.2 Å². The zero-order valence-electron chi connectivity index (χ0n) is 16.5. The van der Waals surface area contributed by atoms with E-state index in [9.17, 15) is 0 Å². The fourth-order valence-electron chi connectivity index (χ4n) is 2.79. The van der Waals surface area contributed by atoms with Gasteiger partial charge in [-0.15, -0.1) is 10.2 Å². The first-order chi connectivity index (χ1) is 14.7. The van der Waals surface area contributed by atoms with Crippen LogP contribution in [0.25, 0.3) is 22.8 Å². The van der Waals surface area contributed by atoms with E-state index in [1.807, 2.05) is 55.5 Å². The third-order valence-corrected chi connectivity index (χ3v) is 5.16. The van der Waals surface area contributed by atoms with Crippen molar-refractivity contribution in [2.75, 3.05) is 19.6 Å². The number of rotatable bonds is 8. The van der Waals surface area contributed by atoms with E-state index in [0.29, 0.717) is 40.8 Å². The van der Waals surface area contributed by atoms with Gasteiger partial charge in [-0.2, -0.15) is 4.98 Å². The minimum absolute atomic E-state index is 0.405. The third-order valence-electron chi connectivity index (χ3n) is 4.23. The Morgan fingerprint density at radius 1 is 1.10 bits per heavy atom. The van der Waals surface area contributed by atoms with Crippen molar-refractivity contribution in [1.29, 1.82) is 0 Å². The Bertz CT molecular complexity index is 1130. The highest BCUT2D eigenvalue weighted by Crippen LogP contribution is 2.29. The predicted molar refractivity (Wildman–Crippen MR) is 113 cm³/mol. The van der Waals surface area contributed by atoms with E-state index >= 15 is 0 Å². The van der Waals surface area contributed by atoms with Crippen molar-refractivity contribution in [1.82, 2.24) is 25.0 Å². The Morgan fingerprint density at radius 2 is 1.90 bits per heavy atom. The summed E-state index contributed by atoms with van der Waals surface area (Å²) in [5.74, 6) is 9.53. The van der Waals surface area contributed by atoms with Crippen LogP contribution in [0.4, 0.5) is 0 Å². The molecule has 10 heteroatoms. The van der Waals surface area contributed by atoms with Crippen LogP contribution in [-0.2, 0) is 5.75 Å². The van der Waals surface area contributed by atoms with Crippen molar-refractivity contribution in [3.8, 4) is 34.3 Å². The second-order valence-electron chi connectivity index (χ2n) is 6.13. The number of thioether (sulfide) groups is 1. The number of methoxy groups -OCH3 is 1. The second-order valence-corrected chi connectivity index (χ2v) is 7.08. The molecule has 0 fully saturated rings. The van der Waals surface area contributed by atoms with Gasteiger partial charge in [-0.1, -0.05) is 29.1 Å². The summed E-state index contributed by atoms with van der Waals surface area (Å²) in [4.78, 5) is 4.46. The van der Waals surface area contributed by atoms with Gasteiger partial charge >= 0.3 is 0 Å². The van der Waals surface area contributed by atoms with Crippen LogP contribution in [0.5, 0.6) is 11.5 Å². The molecular formula is C20H20N6O3S. The van der Waals surface area contributed by atoms with E-state index in [1.165, 1.54) is 16.4 Å². The maximum Gasteiger partial charge on any atom is 0.237 e. The summed E-state index contributed by atoms with van der Waals surface area (Å²) < 4.78 is 17.6. The van der Waals surface area contributed by atoms with Crippen molar-refractivity contribution in [2.24, 2.45) is 0 Å². The molecule has 9 nitrogen and oxygen atoms in total.